The zero-order valence-corrected chi connectivity index (χ0v) is 15.1. The van der Waals surface area contributed by atoms with E-state index < -0.39 is 21.6 Å². The molecular formula is C16H17ClFN3O3S. The minimum absolute atomic E-state index is 0.00384. The second-order valence-corrected chi connectivity index (χ2v) is 8.73. The lowest BCUT2D eigenvalue weighted by Crippen LogP contribution is -2.21. The first-order valence-corrected chi connectivity index (χ1v) is 9.94. The minimum atomic E-state index is -3.08. The van der Waals surface area contributed by atoms with Crippen molar-refractivity contribution in [2.24, 2.45) is 0 Å². The third-order valence-electron chi connectivity index (χ3n) is 4.08. The van der Waals surface area contributed by atoms with Crippen molar-refractivity contribution >= 4 is 33.2 Å². The summed E-state index contributed by atoms with van der Waals surface area (Å²) >= 11 is 5.94. The second-order valence-electron chi connectivity index (χ2n) is 6.10. The maximum Gasteiger partial charge on any atom is 0.230 e. The van der Waals surface area contributed by atoms with Gasteiger partial charge in [-0.05, 0) is 25.5 Å². The Kier molecular flexibility index (Phi) is 4.83. The first-order valence-electron chi connectivity index (χ1n) is 7.74. The van der Waals surface area contributed by atoms with Gasteiger partial charge in [0.15, 0.2) is 9.84 Å². The zero-order valence-electron chi connectivity index (χ0n) is 13.5. The topological polar surface area (TPSA) is 81.1 Å². The van der Waals surface area contributed by atoms with Gasteiger partial charge in [0, 0.05) is 16.7 Å². The Balaban J connectivity index is 1.78. The lowest BCUT2D eigenvalue weighted by molar-refractivity contribution is -0.115. The molecule has 1 atom stereocenters. The van der Waals surface area contributed by atoms with Crippen LogP contribution in [0.1, 0.15) is 23.7 Å². The van der Waals surface area contributed by atoms with Crippen LogP contribution in [0.2, 0.25) is 5.02 Å². The molecule has 25 heavy (non-hydrogen) atoms. The highest BCUT2D eigenvalue weighted by Gasteiger charge is 2.31. The summed E-state index contributed by atoms with van der Waals surface area (Å²) in [5.74, 6) is -0.495. The van der Waals surface area contributed by atoms with Crippen LogP contribution in [0.25, 0.3) is 0 Å². The molecule has 1 aliphatic rings. The van der Waals surface area contributed by atoms with Crippen molar-refractivity contribution in [1.82, 2.24) is 9.78 Å². The Hall–Kier alpha value is -1.93. The number of carbonyl (C=O) groups excluding carboxylic acids is 1. The molecule has 0 radical (unpaired) electrons. The number of carbonyl (C=O) groups is 1. The maximum absolute atomic E-state index is 13.8. The number of halogens is 2. The molecule has 0 aliphatic carbocycles. The minimum Gasteiger partial charge on any atom is -0.311 e. The second kappa shape index (κ2) is 6.76. The Morgan fingerprint density at radius 1 is 1.48 bits per heavy atom. The van der Waals surface area contributed by atoms with Gasteiger partial charge in [-0.3, -0.25) is 4.79 Å². The molecule has 1 saturated heterocycles. The molecular weight excluding hydrogens is 369 g/mol. The van der Waals surface area contributed by atoms with Gasteiger partial charge in [-0.25, -0.2) is 17.5 Å². The molecule has 2 aromatic rings. The highest BCUT2D eigenvalue weighted by Crippen LogP contribution is 2.27. The van der Waals surface area contributed by atoms with Gasteiger partial charge in [0.2, 0.25) is 5.91 Å². The molecule has 9 heteroatoms. The molecule has 1 aromatic carbocycles. The van der Waals surface area contributed by atoms with E-state index in [-0.39, 0.29) is 34.6 Å². The average Bonchev–Trinajstić information content (AvgIpc) is 3.05. The molecule has 134 valence electrons. The van der Waals surface area contributed by atoms with Gasteiger partial charge in [0.05, 0.1) is 29.7 Å². The summed E-state index contributed by atoms with van der Waals surface area (Å²) in [6.07, 6.45) is 0.226. The predicted molar refractivity (Wildman–Crippen MR) is 93.0 cm³/mol. The third-order valence-corrected chi connectivity index (χ3v) is 6.18. The van der Waals surface area contributed by atoms with Gasteiger partial charge in [-0.1, -0.05) is 17.7 Å². The van der Waals surface area contributed by atoms with Crippen LogP contribution >= 0.6 is 11.6 Å². The Bertz CT molecular complexity index is 906. The summed E-state index contributed by atoms with van der Waals surface area (Å²) in [5, 5.41) is 7.15. The maximum atomic E-state index is 13.8. The molecule has 1 unspecified atom stereocenters. The van der Waals surface area contributed by atoms with E-state index in [2.05, 4.69) is 10.4 Å². The Morgan fingerprint density at radius 2 is 2.24 bits per heavy atom. The van der Waals surface area contributed by atoms with Crippen molar-refractivity contribution in [2.75, 3.05) is 16.8 Å². The van der Waals surface area contributed by atoms with E-state index in [4.69, 9.17) is 11.6 Å². The third kappa shape index (κ3) is 4.01. The van der Waals surface area contributed by atoms with Gasteiger partial charge in [-0.15, -0.1) is 0 Å². The standard InChI is InChI=1S/C16H17ClFN3O3S/c1-10-7-15(21(20-10)11-5-6-25(23,24)9-11)19-16(22)8-12-13(17)3-2-4-14(12)18/h2-4,7,11H,5-6,8-9H2,1H3,(H,19,22). The number of benzene rings is 1. The normalized spacial score (nSPS) is 19.1. The van der Waals surface area contributed by atoms with Gasteiger partial charge in [0.1, 0.15) is 11.6 Å². The van der Waals surface area contributed by atoms with Gasteiger partial charge < -0.3 is 5.32 Å². The first kappa shape index (κ1) is 17.9. The molecule has 1 fully saturated rings. The number of amides is 1. The van der Waals surface area contributed by atoms with Crippen LogP contribution < -0.4 is 5.32 Å². The molecule has 0 spiro atoms. The lowest BCUT2D eigenvalue weighted by Gasteiger charge is -2.14. The summed E-state index contributed by atoms with van der Waals surface area (Å²) < 4.78 is 38.7. The van der Waals surface area contributed by atoms with Crippen LogP contribution in [0, 0.1) is 12.7 Å². The van der Waals surface area contributed by atoms with E-state index in [1.54, 1.807) is 13.0 Å². The average molecular weight is 386 g/mol. The molecule has 1 aliphatic heterocycles. The summed E-state index contributed by atoms with van der Waals surface area (Å²) in [7, 11) is -3.08. The van der Waals surface area contributed by atoms with Gasteiger partial charge in [-0.2, -0.15) is 5.10 Å². The van der Waals surface area contributed by atoms with E-state index >= 15 is 0 Å². The van der Waals surface area contributed by atoms with E-state index in [9.17, 15) is 17.6 Å². The largest absolute Gasteiger partial charge is 0.311 e. The van der Waals surface area contributed by atoms with Gasteiger partial charge in [0.25, 0.3) is 0 Å². The molecule has 1 N–H and O–H groups in total. The zero-order chi connectivity index (χ0) is 18.2. The fourth-order valence-corrected chi connectivity index (χ4v) is 4.83. The summed E-state index contributed by atoms with van der Waals surface area (Å²) in [5.41, 5.74) is 0.774. The van der Waals surface area contributed by atoms with Crippen LogP contribution in [0.5, 0.6) is 0 Å². The van der Waals surface area contributed by atoms with E-state index in [1.165, 1.54) is 22.9 Å². The number of aryl methyl sites for hydroxylation is 1. The van der Waals surface area contributed by atoms with Crippen molar-refractivity contribution in [2.45, 2.75) is 25.8 Å². The van der Waals surface area contributed by atoms with E-state index in [0.29, 0.717) is 17.9 Å². The number of hydrogen-bond donors (Lipinski definition) is 1. The Morgan fingerprint density at radius 3 is 2.88 bits per heavy atom. The van der Waals surface area contributed by atoms with Crippen LogP contribution in [0.3, 0.4) is 0 Å². The SMILES string of the molecule is Cc1cc(NC(=O)Cc2c(F)cccc2Cl)n(C2CCS(=O)(=O)C2)n1. The molecule has 0 saturated carbocycles. The van der Waals surface area contributed by atoms with Crippen LogP contribution in [0.15, 0.2) is 24.3 Å². The fourth-order valence-electron chi connectivity index (χ4n) is 2.91. The van der Waals surface area contributed by atoms with Crippen molar-refractivity contribution < 1.29 is 17.6 Å². The molecule has 3 rings (SSSR count). The summed E-state index contributed by atoms with van der Waals surface area (Å²) in [6, 6.07) is 5.58. The number of nitrogens with zero attached hydrogens (tertiary/aromatic N) is 2. The van der Waals surface area contributed by atoms with Crippen molar-refractivity contribution in [3.05, 3.63) is 46.4 Å². The highest BCUT2D eigenvalue weighted by atomic mass is 35.5. The quantitative estimate of drug-likeness (QED) is 0.876. The summed E-state index contributed by atoms with van der Waals surface area (Å²) in [4.78, 5) is 12.3. The smallest absolute Gasteiger partial charge is 0.230 e. The number of aromatic nitrogens is 2. The monoisotopic (exact) mass is 385 g/mol. The van der Waals surface area contributed by atoms with Crippen molar-refractivity contribution in [3.63, 3.8) is 0 Å². The molecule has 0 bridgehead atoms. The number of hydrogen-bond acceptors (Lipinski definition) is 4. The molecule has 1 aromatic heterocycles. The van der Waals surface area contributed by atoms with Crippen molar-refractivity contribution in [3.8, 4) is 0 Å². The van der Waals surface area contributed by atoms with E-state index in [0.717, 1.165) is 0 Å². The van der Waals surface area contributed by atoms with Gasteiger partial charge >= 0.3 is 0 Å². The van der Waals surface area contributed by atoms with Crippen LogP contribution in [-0.2, 0) is 21.1 Å². The van der Waals surface area contributed by atoms with Crippen LogP contribution in [0.4, 0.5) is 10.2 Å². The fraction of sp³-hybridized carbons (Fsp3) is 0.375. The first-order chi connectivity index (χ1) is 11.7. The van der Waals surface area contributed by atoms with Crippen molar-refractivity contribution in [1.29, 1.82) is 0 Å². The molecule has 2 heterocycles. The predicted octanol–water partition coefficient (Wildman–Crippen LogP) is 2.52. The number of rotatable bonds is 4. The number of sulfone groups is 1. The van der Waals surface area contributed by atoms with Crippen LogP contribution in [-0.4, -0.2) is 35.6 Å². The number of anilines is 1. The molecule has 6 nitrogen and oxygen atoms in total. The van der Waals surface area contributed by atoms with E-state index in [1.807, 2.05) is 0 Å². The lowest BCUT2D eigenvalue weighted by atomic mass is 10.1. The Labute approximate surface area is 149 Å². The number of nitrogens with one attached hydrogen (secondary N) is 1. The summed E-state index contributed by atoms with van der Waals surface area (Å²) in [6.45, 7) is 1.75. The molecule has 1 amide bonds. The highest BCUT2D eigenvalue weighted by molar-refractivity contribution is 7.91.